The molecule has 1 rings (SSSR count). The van der Waals surface area contributed by atoms with Crippen LogP contribution in [0.2, 0.25) is 0 Å². The number of nitrogens with one attached hydrogen (secondary N) is 2. The quantitative estimate of drug-likeness (QED) is 0.590. The van der Waals surface area contributed by atoms with Gasteiger partial charge in [-0.05, 0) is 44.9 Å². The number of rotatable bonds is 6. The molecule has 122 valence electrons. The highest BCUT2D eigenvalue weighted by Gasteiger charge is 2.14. The Labute approximate surface area is 141 Å². The molecular formula is C17H25BrN2O2. The first-order valence-electron chi connectivity index (χ1n) is 7.35. The second-order valence-electron chi connectivity index (χ2n) is 6.07. The van der Waals surface area contributed by atoms with Crippen molar-refractivity contribution in [3.63, 3.8) is 0 Å². The van der Waals surface area contributed by atoms with Gasteiger partial charge in [-0.3, -0.25) is 0 Å². The van der Waals surface area contributed by atoms with Crippen LogP contribution in [0.1, 0.15) is 31.9 Å². The van der Waals surface area contributed by atoms with Gasteiger partial charge in [0.1, 0.15) is 5.60 Å². The molecular weight excluding hydrogens is 344 g/mol. The predicted octanol–water partition coefficient (Wildman–Crippen LogP) is 3.93. The average Bonchev–Trinajstić information content (AvgIpc) is 2.39. The summed E-state index contributed by atoms with van der Waals surface area (Å²) in [5, 5.41) is 6.00. The lowest BCUT2D eigenvalue weighted by atomic mass is 10.1. The van der Waals surface area contributed by atoms with Crippen LogP contribution in [-0.2, 0) is 11.3 Å². The Morgan fingerprint density at radius 2 is 1.95 bits per heavy atom. The Balaban J connectivity index is 2.16. The van der Waals surface area contributed by atoms with Crippen LogP contribution in [0.4, 0.5) is 4.79 Å². The van der Waals surface area contributed by atoms with Crippen LogP contribution < -0.4 is 10.6 Å². The van der Waals surface area contributed by atoms with E-state index in [4.69, 9.17) is 4.74 Å². The summed E-state index contributed by atoms with van der Waals surface area (Å²) in [6.45, 7) is 9.62. The number of aryl methyl sites for hydroxylation is 1. The van der Waals surface area contributed by atoms with E-state index in [1.54, 1.807) is 0 Å². The number of benzene rings is 1. The fourth-order valence-corrected chi connectivity index (χ4v) is 2.10. The van der Waals surface area contributed by atoms with E-state index in [0.717, 1.165) is 17.6 Å². The number of carbonyl (C=O) groups is 1. The largest absolute Gasteiger partial charge is 0.444 e. The third kappa shape index (κ3) is 8.20. The highest BCUT2D eigenvalue weighted by atomic mass is 79.9. The molecule has 0 radical (unpaired) electrons. The van der Waals surface area contributed by atoms with Crippen LogP contribution in [0, 0.1) is 6.92 Å². The van der Waals surface area contributed by atoms with Crippen LogP contribution in [0.15, 0.2) is 34.8 Å². The maximum atomic E-state index is 11.4. The van der Waals surface area contributed by atoms with Gasteiger partial charge in [-0.15, -0.1) is 0 Å². The van der Waals surface area contributed by atoms with E-state index in [9.17, 15) is 4.79 Å². The van der Waals surface area contributed by atoms with Crippen LogP contribution in [-0.4, -0.2) is 24.8 Å². The summed E-state index contributed by atoms with van der Waals surface area (Å²) in [6.07, 6.45) is 3.50. The highest BCUT2D eigenvalue weighted by Crippen LogP contribution is 2.17. The molecule has 2 N–H and O–H groups in total. The minimum atomic E-state index is -0.461. The van der Waals surface area contributed by atoms with Crippen LogP contribution in [0.5, 0.6) is 0 Å². The molecule has 1 aromatic carbocycles. The first-order valence-corrected chi connectivity index (χ1v) is 8.15. The number of alkyl carbamates (subject to hydrolysis) is 1. The van der Waals surface area contributed by atoms with Gasteiger partial charge in [0.05, 0.1) is 0 Å². The molecule has 0 saturated heterocycles. The van der Waals surface area contributed by atoms with E-state index in [1.165, 1.54) is 11.1 Å². The van der Waals surface area contributed by atoms with Crippen molar-refractivity contribution in [2.75, 3.05) is 13.1 Å². The molecule has 0 aliphatic carbocycles. The summed E-state index contributed by atoms with van der Waals surface area (Å²) in [7, 11) is 0. The Kier molecular flexibility index (Phi) is 7.62. The lowest BCUT2D eigenvalue weighted by molar-refractivity contribution is 0.0534. The topological polar surface area (TPSA) is 50.4 Å². The number of amides is 1. The van der Waals surface area contributed by atoms with Gasteiger partial charge in [-0.25, -0.2) is 4.79 Å². The van der Waals surface area contributed by atoms with Crippen molar-refractivity contribution in [2.45, 2.75) is 39.8 Å². The zero-order valence-corrected chi connectivity index (χ0v) is 15.3. The summed E-state index contributed by atoms with van der Waals surface area (Å²) in [5.74, 6) is 0. The van der Waals surface area contributed by atoms with Crippen molar-refractivity contribution in [3.05, 3.63) is 46.0 Å². The van der Waals surface area contributed by atoms with Crippen molar-refractivity contribution in [3.8, 4) is 0 Å². The van der Waals surface area contributed by atoms with Gasteiger partial charge in [0.15, 0.2) is 0 Å². The molecule has 0 aromatic heterocycles. The number of hydrogen-bond donors (Lipinski definition) is 2. The molecule has 0 aliphatic heterocycles. The van der Waals surface area contributed by atoms with Crippen molar-refractivity contribution in [2.24, 2.45) is 0 Å². The van der Waals surface area contributed by atoms with E-state index in [1.807, 2.05) is 32.9 Å². The molecule has 4 nitrogen and oxygen atoms in total. The van der Waals surface area contributed by atoms with Gasteiger partial charge in [-0.2, -0.15) is 0 Å². The van der Waals surface area contributed by atoms with E-state index in [-0.39, 0.29) is 0 Å². The summed E-state index contributed by atoms with van der Waals surface area (Å²) in [6, 6.07) is 6.33. The molecule has 0 unspecified atom stereocenters. The van der Waals surface area contributed by atoms with Crippen molar-refractivity contribution in [1.29, 1.82) is 0 Å². The molecule has 1 amide bonds. The number of halogens is 1. The zero-order chi connectivity index (χ0) is 16.6. The van der Waals surface area contributed by atoms with Crippen LogP contribution >= 0.6 is 15.9 Å². The fraction of sp³-hybridized carbons (Fsp3) is 0.471. The lowest BCUT2D eigenvalue weighted by Gasteiger charge is -2.19. The van der Waals surface area contributed by atoms with Crippen molar-refractivity contribution < 1.29 is 9.53 Å². The molecule has 0 spiro atoms. The third-order valence-corrected chi connectivity index (χ3v) is 3.61. The Morgan fingerprint density at radius 3 is 2.59 bits per heavy atom. The Bertz CT molecular complexity index is 522. The molecule has 5 heteroatoms. The molecule has 0 atom stereocenters. The second kappa shape index (κ2) is 8.96. The SMILES string of the molecule is Cc1ccc(CNC/C=C/CNC(=O)OC(C)(C)C)cc1Br. The van der Waals surface area contributed by atoms with Gasteiger partial charge in [0.25, 0.3) is 0 Å². The summed E-state index contributed by atoms with van der Waals surface area (Å²) in [5.41, 5.74) is 2.01. The van der Waals surface area contributed by atoms with E-state index in [0.29, 0.717) is 6.54 Å². The maximum absolute atomic E-state index is 11.4. The summed E-state index contributed by atoms with van der Waals surface area (Å²) >= 11 is 3.53. The number of ether oxygens (including phenoxy) is 1. The van der Waals surface area contributed by atoms with Gasteiger partial charge < -0.3 is 15.4 Å². The van der Waals surface area contributed by atoms with Crippen molar-refractivity contribution >= 4 is 22.0 Å². The smallest absolute Gasteiger partial charge is 0.407 e. The second-order valence-corrected chi connectivity index (χ2v) is 6.92. The Hall–Kier alpha value is -1.33. The minimum absolute atomic E-state index is 0.394. The van der Waals surface area contributed by atoms with Gasteiger partial charge in [0.2, 0.25) is 0 Å². The van der Waals surface area contributed by atoms with Crippen molar-refractivity contribution in [1.82, 2.24) is 10.6 Å². The molecule has 0 aliphatic rings. The van der Waals surface area contributed by atoms with Gasteiger partial charge >= 0.3 is 6.09 Å². The third-order valence-electron chi connectivity index (χ3n) is 2.76. The van der Waals surface area contributed by atoms with Gasteiger partial charge in [-0.1, -0.05) is 40.2 Å². The molecule has 0 bridgehead atoms. The Morgan fingerprint density at radius 1 is 1.27 bits per heavy atom. The minimum Gasteiger partial charge on any atom is -0.444 e. The normalized spacial score (nSPS) is 11.7. The molecule has 1 aromatic rings. The first-order chi connectivity index (χ1) is 10.3. The molecule has 0 saturated carbocycles. The monoisotopic (exact) mass is 368 g/mol. The average molecular weight is 369 g/mol. The molecule has 0 fully saturated rings. The van der Waals surface area contributed by atoms with E-state index in [2.05, 4.69) is 51.7 Å². The molecule has 22 heavy (non-hydrogen) atoms. The summed E-state index contributed by atoms with van der Waals surface area (Å²) < 4.78 is 6.27. The van der Waals surface area contributed by atoms with Crippen LogP contribution in [0.25, 0.3) is 0 Å². The van der Waals surface area contributed by atoms with E-state index >= 15 is 0 Å². The van der Waals surface area contributed by atoms with Gasteiger partial charge in [0, 0.05) is 24.1 Å². The molecule has 0 heterocycles. The lowest BCUT2D eigenvalue weighted by Crippen LogP contribution is -2.32. The van der Waals surface area contributed by atoms with E-state index < -0.39 is 11.7 Å². The number of hydrogen-bond acceptors (Lipinski definition) is 3. The van der Waals surface area contributed by atoms with Crippen LogP contribution in [0.3, 0.4) is 0 Å². The fourth-order valence-electron chi connectivity index (χ4n) is 1.67. The first kappa shape index (κ1) is 18.7. The highest BCUT2D eigenvalue weighted by molar-refractivity contribution is 9.10. The standard InChI is InChI=1S/C17H25BrN2O2/c1-13-7-8-14(11-15(13)18)12-19-9-5-6-10-20-16(21)22-17(2,3)4/h5-8,11,19H,9-10,12H2,1-4H3,(H,20,21)/b6-5+. The predicted molar refractivity (Wildman–Crippen MR) is 94.0 cm³/mol. The number of carbonyl (C=O) groups excluding carboxylic acids is 1. The zero-order valence-electron chi connectivity index (χ0n) is 13.7. The summed E-state index contributed by atoms with van der Waals surface area (Å²) in [4.78, 5) is 11.4. The maximum Gasteiger partial charge on any atom is 0.407 e.